The molecule has 1 aliphatic carbocycles. The van der Waals surface area contributed by atoms with Gasteiger partial charge in [-0.15, -0.1) is 0 Å². The fourth-order valence-electron chi connectivity index (χ4n) is 2.79. The molecule has 0 aromatic heterocycles. The molecule has 0 bridgehead atoms. The fourth-order valence-corrected chi connectivity index (χ4v) is 2.79. The van der Waals surface area contributed by atoms with Crippen molar-refractivity contribution in [1.29, 1.82) is 0 Å². The number of ketones is 1. The Labute approximate surface area is 111 Å². The second-order valence-corrected chi connectivity index (χ2v) is 7.46. The number of carbonyl (C=O) groups is 1. The van der Waals surface area contributed by atoms with E-state index in [-0.39, 0.29) is 29.6 Å². The van der Waals surface area contributed by atoms with E-state index < -0.39 is 0 Å². The molecule has 2 rings (SSSR count). The van der Waals surface area contributed by atoms with E-state index in [9.17, 15) is 4.79 Å². The molecule has 0 amide bonds. The van der Waals surface area contributed by atoms with Crippen LogP contribution in [-0.2, 0) is 14.1 Å². The molecule has 3 nitrogen and oxygen atoms in total. The van der Waals surface area contributed by atoms with Crippen molar-refractivity contribution in [1.82, 2.24) is 0 Å². The molecule has 1 saturated heterocycles. The molecule has 1 heterocycles. The lowest BCUT2D eigenvalue weighted by Gasteiger charge is -2.38. The second-order valence-electron chi connectivity index (χ2n) is 7.46. The summed E-state index contributed by atoms with van der Waals surface area (Å²) in [7, 11) is -0.255. The van der Waals surface area contributed by atoms with Gasteiger partial charge in [0.1, 0.15) is 5.78 Å². The minimum Gasteiger partial charge on any atom is -0.403 e. The lowest BCUT2D eigenvalue weighted by molar-refractivity contribution is -0.122. The number of carbonyl (C=O) groups excluding carboxylic acids is 1. The highest BCUT2D eigenvalue weighted by Crippen LogP contribution is 2.50. The molecule has 0 radical (unpaired) electrons. The average molecular weight is 252 g/mol. The van der Waals surface area contributed by atoms with Crippen LogP contribution in [0.2, 0.25) is 5.82 Å². The third-order valence-electron chi connectivity index (χ3n) is 5.10. The molecule has 0 N–H and O–H groups in total. The summed E-state index contributed by atoms with van der Waals surface area (Å²) in [6.07, 6.45) is 2.22. The second kappa shape index (κ2) is 4.07. The maximum absolute atomic E-state index is 11.7. The summed E-state index contributed by atoms with van der Waals surface area (Å²) >= 11 is 0. The molecule has 2 aliphatic rings. The van der Waals surface area contributed by atoms with Crippen molar-refractivity contribution in [2.24, 2.45) is 5.41 Å². The van der Waals surface area contributed by atoms with Gasteiger partial charge in [0.2, 0.25) is 0 Å². The lowest BCUT2D eigenvalue weighted by atomic mass is 9.53. The largest absolute Gasteiger partial charge is 0.462 e. The topological polar surface area (TPSA) is 35.5 Å². The minimum atomic E-state index is -0.311. The van der Waals surface area contributed by atoms with Crippen molar-refractivity contribution in [3.63, 3.8) is 0 Å². The van der Waals surface area contributed by atoms with Crippen LogP contribution in [0.1, 0.15) is 60.8 Å². The van der Waals surface area contributed by atoms with Gasteiger partial charge in [0.05, 0.1) is 11.2 Å². The predicted molar refractivity (Wildman–Crippen MR) is 72.5 cm³/mol. The van der Waals surface area contributed by atoms with Crippen molar-refractivity contribution in [3.8, 4) is 0 Å². The first kappa shape index (κ1) is 14.1. The van der Waals surface area contributed by atoms with E-state index in [0.717, 1.165) is 6.42 Å². The van der Waals surface area contributed by atoms with E-state index >= 15 is 0 Å². The molecule has 1 aliphatic heterocycles. The smallest absolute Gasteiger partial charge is 0.403 e. The van der Waals surface area contributed by atoms with Gasteiger partial charge in [0.15, 0.2) is 0 Å². The van der Waals surface area contributed by atoms with Crippen molar-refractivity contribution in [2.45, 2.75) is 77.8 Å². The molecule has 2 fully saturated rings. The molecule has 0 unspecified atom stereocenters. The molecule has 1 atom stereocenters. The van der Waals surface area contributed by atoms with Gasteiger partial charge in [-0.05, 0) is 39.5 Å². The van der Waals surface area contributed by atoms with Gasteiger partial charge in [0.25, 0.3) is 0 Å². The van der Waals surface area contributed by atoms with Crippen molar-refractivity contribution in [3.05, 3.63) is 0 Å². The molecular weight excluding hydrogens is 227 g/mol. The molecule has 4 heteroatoms. The fraction of sp³-hybridized carbons (Fsp3) is 0.929. The standard InChI is InChI=1S/C14H25BO3/c1-12(2)8-7-10(16)9-11(12)15-17-13(3,4)14(5,6)18-15/h11H,7-9H2,1-6H3/t11-/m0/s1. The molecule has 102 valence electrons. The monoisotopic (exact) mass is 252 g/mol. The number of rotatable bonds is 1. The molecule has 0 aromatic rings. The van der Waals surface area contributed by atoms with Crippen LogP contribution >= 0.6 is 0 Å². The highest BCUT2D eigenvalue weighted by Gasteiger charge is 2.57. The zero-order valence-electron chi connectivity index (χ0n) is 12.5. The van der Waals surface area contributed by atoms with Crippen molar-refractivity contribution < 1.29 is 14.1 Å². The first-order chi connectivity index (χ1) is 8.05. The van der Waals surface area contributed by atoms with E-state index in [2.05, 4.69) is 41.5 Å². The third-order valence-corrected chi connectivity index (χ3v) is 5.10. The molecular formula is C14H25BO3. The Bertz CT molecular complexity index is 344. The van der Waals surface area contributed by atoms with E-state index in [0.29, 0.717) is 18.6 Å². The molecule has 0 aromatic carbocycles. The van der Waals surface area contributed by atoms with Crippen LogP contribution in [0.25, 0.3) is 0 Å². The Balaban J connectivity index is 2.20. The van der Waals surface area contributed by atoms with E-state index in [1.54, 1.807) is 0 Å². The Morgan fingerprint density at radius 3 is 2.06 bits per heavy atom. The summed E-state index contributed by atoms with van der Waals surface area (Å²) in [6, 6.07) is 0. The summed E-state index contributed by atoms with van der Waals surface area (Å²) < 4.78 is 12.2. The van der Waals surface area contributed by atoms with Crippen LogP contribution in [0.3, 0.4) is 0 Å². The summed E-state index contributed by atoms with van der Waals surface area (Å²) in [4.78, 5) is 11.7. The van der Waals surface area contributed by atoms with Gasteiger partial charge in [-0.2, -0.15) is 0 Å². The van der Waals surface area contributed by atoms with E-state index in [1.807, 2.05) is 0 Å². The van der Waals surface area contributed by atoms with Crippen LogP contribution in [-0.4, -0.2) is 24.1 Å². The lowest BCUT2D eigenvalue weighted by Crippen LogP contribution is -2.41. The molecule has 0 spiro atoms. The van der Waals surface area contributed by atoms with Crippen LogP contribution in [0.15, 0.2) is 0 Å². The van der Waals surface area contributed by atoms with Gasteiger partial charge >= 0.3 is 7.12 Å². The summed E-state index contributed by atoms with van der Waals surface area (Å²) in [6.45, 7) is 12.7. The predicted octanol–water partition coefficient (Wildman–Crippen LogP) is 3.23. The SMILES string of the molecule is CC1(C)CCC(=O)C[C@@H]1B1OC(C)(C)C(C)(C)O1. The Morgan fingerprint density at radius 2 is 1.56 bits per heavy atom. The van der Waals surface area contributed by atoms with Gasteiger partial charge in [-0.25, -0.2) is 0 Å². The zero-order valence-corrected chi connectivity index (χ0v) is 12.5. The van der Waals surface area contributed by atoms with Crippen molar-refractivity contribution >= 4 is 12.9 Å². The zero-order chi connectivity index (χ0) is 13.8. The summed E-state index contributed by atoms with van der Waals surface area (Å²) in [5.41, 5.74) is -0.516. The Kier molecular flexibility index (Phi) is 3.18. The summed E-state index contributed by atoms with van der Waals surface area (Å²) in [5.74, 6) is 0.508. The normalized spacial score (nSPS) is 33.8. The third kappa shape index (κ3) is 2.25. The van der Waals surface area contributed by atoms with E-state index in [1.165, 1.54) is 0 Å². The Hall–Kier alpha value is -0.345. The highest BCUT2D eigenvalue weighted by atomic mass is 16.7. The quantitative estimate of drug-likeness (QED) is 0.672. The molecule has 1 saturated carbocycles. The maximum atomic E-state index is 11.7. The van der Waals surface area contributed by atoms with Gasteiger partial charge in [-0.1, -0.05) is 13.8 Å². The Morgan fingerprint density at radius 1 is 1.06 bits per heavy atom. The van der Waals surface area contributed by atoms with Crippen LogP contribution < -0.4 is 0 Å². The maximum Gasteiger partial charge on any atom is 0.462 e. The van der Waals surface area contributed by atoms with Gasteiger partial charge in [0, 0.05) is 18.7 Å². The summed E-state index contributed by atoms with van der Waals surface area (Å²) in [5, 5.41) is 0. The van der Waals surface area contributed by atoms with Crippen LogP contribution in [0, 0.1) is 5.41 Å². The number of Topliss-reactive ketones (excluding diaryl/α,β-unsaturated/α-hetero) is 1. The van der Waals surface area contributed by atoms with E-state index in [4.69, 9.17) is 9.31 Å². The molecule has 18 heavy (non-hydrogen) atoms. The highest BCUT2D eigenvalue weighted by molar-refractivity contribution is 6.48. The van der Waals surface area contributed by atoms with Crippen molar-refractivity contribution in [2.75, 3.05) is 0 Å². The van der Waals surface area contributed by atoms with Crippen LogP contribution in [0.4, 0.5) is 0 Å². The van der Waals surface area contributed by atoms with Crippen LogP contribution in [0.5, 0.6) is 0 Å². The number of hydrogen-bond donors (Lipinski definition) is 0. The minimum absolute atomic E-state index is 0.106. The van der Waals surface area contributed by atoms with Gasteiger partial charge in [-0.3, -0.25) is 4.79 Å². The number of hydrogen-bond acceptors (Lipinski definition) is 3. The first-order valence-corrected chi connectivity index (χ1v) is 6.92. The average Bonchev–Trinajstić information content (AvgIpc) is 2.40. The van der Waals surface area contributed by atoms with Gasteiger partial charge < -0.3 is 9.31 Å². The first-order valence-electron chi connectivity index (χ1n) is 6.92.